The summed E-state index contributed by atoms with van der Waals surface area (Å²) in [7, 11) is 1.00. The maximum atomic E-state index is 7.00. The highest BCUT2D eigenvalue weighted by atomic mass is 16.2. The van der Waals surface area contributed by atoms with E-state index >= 15 is 0 Å². The predicted octanol–water partition coefficient (Wildman–Crippen LogP) is 5.05. The first-order valence-corrected chi connectivity index (χ1v) is 10.1. The Balaban J connectivity index is 0.00000163. The van der Waals surface area contributed by atoms with E-state index < -0.39 is 0 Å². The second-order valence-corrected chi connectivity index (χ2v) is 8.05. The maximum Gasteiger partial charge on any atom is 0.0964 e. The molecule has 0 saturated heterocycles. The number of aryl methyl sites for hydroxylation is 2. The van der Waals surface area contributed by atoms with E-state index in [-0.39, 0.29) is 0 Å². The van der Waals surface area contributed by atoms with Crippen molar-refractivity contribution in [3.63, 3.8) is 0 Å². The summed E-state index contributed by atoms with van der Waals surface area (Å²) in [6, 6.07) is 2.37. The smallest absolute Gasteiger partial charge is 0.0964 e. The number of hydrogen-bond donors (Lipinski definition) is 2. The molecule has 2 rings (SSSR count). The van der Waals surface area contributed by atoms with Crippen LogP contribution < -0.4 is 5.32 Å². The molecule has 0 aromatic heterocycles. The first-order valence-electron chi connectivity index (χ1n) is 10.1. The summed E-state index contributed by atoms with van der Waals surface area (Å²) in [6.07, 6.45) is 7.41. The molecule has 0 amide bonds. The molecule has 0 bridgehead atoms. The van der Waals surface area contributed by atoms with Crippen LogP contribution in [0.3, 0.4) is 0 Å². The van der Waals surface area contributed by atoms with Crippen LogP contribution in [0.1, 0.15) is 73.8 Å². The molecule has 2 N–H and O–H groups in total. The van der Waals surface area contributed by atoms with Crippen LogP contribution in [0.15, 0.2) is 11.1 Å². The van der Waals surface area contributed by atoms with Gasteiger partial charge in [0.25, 0.3) is 0 Å². The first kappa shape index (κ1) is 22.7. The van der Waals surface area contributed by atoms with E-state index in [4.69, 9.17) is 5.11 Å². The van der Waals surface area contributed by atoms with Gasteiger partial charge in [-0.1, -0.05) is 26.3 Å². The lowest BCUT2D eigenvalue weighted by Gasteiger charge is -2.30. The fourth-order valence-corrected chi connectivity index (χ4v) is 4.16. The summed E-state index contributed by atoms with van der Waals surface area (Å²) < 4.78 is 0. The third-order valence-electron chi connectivity index (χ3n) is 6.06. The highest BCUT2D eigenvalue weighted by Crippen LogP contribution is 2.36. The van der Waals surface area contributed by atoms with Crippen LogP contribution >= 0.6 is 0 Å². The van der Waals surface area contributed by atoms with Gasteiger partial charge >= 0.3 is 0 Å². The Labute approximate surface area is 161 Å². The van der Waals surface area contributed by atoms with Crippen molar-refractivity contribution in [1.82, 2.24) is 5.32 Å². The first-order chi connectivity index (χ1) is 12.4. The van der Waals surface area contributed by atoms with E-state index in [0.29, 0.717) is 5.41 Å². The van der Waals surface area contributed by atoms with Gasteiger partial charge in [0.05, 0.1) is 12.4 Å². The second kappa shape index (κ2) is 10.7. The number of aliphatic hydroxyl groups excluding tert-OH is 1. The Bertz CT molecular complexity index is 607. The average molecular weight is 361 g/mol. The van der Waals surface area contributed by atoms with E-state index in [9.17, 15) is 0 Å². The molecule has 3 heteroatoms. The zero-order valence-electron chi connectivity index (χ0n) is 18.1. The molecule has 1 heterocycles. The molecule has 1 aliphatic rings. The second-order valence-electron chi connectivity index (χ2n) is 8.05. The minimum Gasteiger partial charge on any atom is -0.400 e. The number of amidine groups is 1. The molecule has 0 fully saturated rings. The zero-order valence-corrected chi connectivity index (χ0v) is 18.1. The number of nitrogens with one attached hydrogen (secondary N) is 1. The molecule has 0 radical (unpaired) electrons. The number of benzene rings is 1. The van der Waals surface area contributed by atoms with Crippen molar-refractivity contribution in [2.24, 2.45) is 10.4 Å². The summed E-state index contributed by atoms with van der Waals surface area (Å²) >= 11 is 0. The van der Waals surface area contributed by atoms with Crippen molar-refractivity contribution < 1.29 is 5.11 Å². The third-order valence-corrected chi connectivity index (χ3v) is 6.06. The zero-order chi connectivity index (χ0) is 19.7. The van der Waals surface area contributed by atoms with Gasteiger partial charge in [0.15, 0.2) is 0 Å². The fraction of sp³-hybridized carbons (Fsp3) is 0.696. The molecular formula is C23H40N2O. The number of aliphatic imine (C=N–C) groups is 1. The number of aliphatic hydroxyl groups is 1. The quantitative estimate of drug-likeness (QED) is 0.681. The van der Waals surface area contributed by atoms with Gasteiger partial charge in [-0.2, -0.15) is 0 Å². The summed E-state index contributed by atoms with van der Waals surface area (Å²) in [6.45, 7) is 15.9. The summed E-state index contributed by atoms with van der Waals surface area (Å²) in [5.41, 5.74) is 7.87. The van der Waals surface area contributed by atoms with Crippen molar-refractivity contribution in [3.8, 4) is 0 Å². The van der Waals surface area contributed by atoms with E-state index in [1.807, 2.05) is 0 Å². The van der Waals surface area contributed by atoms with E-state index in [2.05, 4.69) is 57.9 Å². The Hall–Kier alpha value is -1.35. The largest absolute Gasteiger partial charge is 0.400 e. The Morgan fingerprint density at radius 1 is 1.00 bits per heavy atom. The Kier molecular flexibility index (Phi) is 9.35. The minimum absolute atomic E-state index is 0.416. The molecule has 0 aliphatic carbocycles. The SMILES string of the molecule is CCCC(C)(CCC1=NCCN1)CCc1c(C)cc(C)c(C)c1C.CO. The Morgan fingerprint density at radius 2 is 1.65 bits per heavy atom. The number of nitrogens with zero attached hydrogens (tertiary/aromatic N) is 1. The molecular weight excluding hydrogens is 320 g/mol. The van der Waals surface area contributed by atoms with Gasteiger partial charge in [0.2, 0.25) is 0 Å². The highest BCUT2D eigenvalue weighted by Gasteiger charge is 2.25. The van der Waals surface area contributed by atoms with Crippen molar-refractivity contribution >= 4 is 5.84 Å². The monoisotopic (exact) mass is 360 g/mol. The lowest BCUT2D eigenvalue weighted by Crippen LogP contribution is -2.24. The van der Waals surface area contributed by atoms with Gasteiger partial charge in [0.1, 0.15) is 0 Å². The minimum atomic E-state index is 0.416. The van der Waals surface area contributed by atoms with Gasteiger partial charge in [-0.15, -0.1) is 0 Å². The van der Waals surface area contributed by atoms with Crippen molar-refractivity contribution in [3.05, 3.63) is 33.9 Å². The number of rotatable bonds is 8. The normalized spacial score (nSPS) is 15.6. The summed E-state index contributed by atoms with van der Waals surface area (Å²) in [5.74, 6) is 1.23. The Morgan fingerprint density at radius 3 is 2.23 bits per heavy atom. The van der Waals surface area contributed by atoms with E-state index in [1.54, 1.807) is 5.56 Å². The summed E-state index contributed by atoms with van der Waals surface area (Å²) in [5, 5.41) is 10.4. The van der Waals surface area contributed by atoms with Crippen LogP contribution in [0.2, 0.25) is 0 Å². The maximum absolute atomic E-state index is 7.00. The molecule has 148 valence electrons. The number of hydrogen-bond acceptors (Lipinski definition) is 3. The lowest BCUT2D eigenvalue weighted by atomic mass is 9.75. The van der Waals surface area contributed by atoms with Crippen molar-refractivity contribution in [2.75, 3.05) is 20.2 Å². The van der Waals surface area contributed by atoms with Gasteiger partial charge in [0, 0.05) is 20.1 Å². The molecule has 0 spiro atoms. The molecule has 1 atom stereocenters. The van der Waals surface area contributed by atoms with Gasteiger partial charge < -0.3 is 10.4 Å². The van der Waals surface area contributed by atoms with Crippen molar-refractivity contribution in [1.29, 1.82) is 0 Å². The van der Waals surface area contributed by atoms with Crippen LogP contribution in [0.5, 0.6) is 0 Å². The van der Waals surface area contributed by atoms with Gasteiger partial charge in [-0.3, -0.25) is 4.99 Å². The van der Waals surface area contributed by atoms with Gasteiger partial charge in [-0.25, -0.2) is 0 Å². The topological polar surface area (TPSA) is 44.6 Å². The van der Waals surface area contributed by atoms with Crippen molar-refractivity contribution in [2.45, 2.75) is 80.1 Å². The van der Waals surface area contributed by atoms with Crippen LogP contribution in [0, 0.1) is 33.1 Å². The molecule has 3 nitrogen and oxygen atoms in total. The van der Waals surface area contributed by atoms with Crippen LogP contribution in [-0.2, 0) is 6.42 Å². The molecule has 0 saturated carbocycles. The van der Waals surface area contributed by atoms with E-state index in [1.165, 1.54) is 60.2 Å². The lowest BCUT2D eigenvalue weighted by molar-refractivity contribution is 0.251. The van der Waals surface area contributed by atoms with E-state index in [0.717, 1.165) is 26.6 Å². The molecule has 1 aromatic carbocycles. The highest BCUT2D eigenvalue weighted by molar-refractivity contribution is 5.83. The molecule has 1 aromatic rings. The van der Waals surface area contributed by atoms with Gasteiger partial charge in [-0.05, 0) is 86.6 Å². The van der Waals surface area contributed by atoms with Crippen LogP contribution in [0.25, 0.3) is 0 Å². The summed E-state index contributed by atoms with van der Waals surface area (Å²) in [4.78, 5) is 4.57. The molecule has 26 heavy (non-hydrogen) atoms. The fourth-order valence-electron chi connectivity index (χ4n) is 4.16. The third kappa shape index (κ3) is 6.12. The predicted molar refractivity (Wildman–Crippen MR) is 114 cm³/mol. The standard InChI is InChI=1S/C22H36N2.CH4O/c1-7-10-22(6,12-9-21-23-13-14-24-21)11-8-20-17(3)15-16(2)18(4)19(20)5;1-2/h15H,7-14H2,1-6H3,(H,23,24);2H,1H3. The molecule has 1 aliphatic heterocycles. The average Bonchev–Trinajstić information content (AvgIpc) is 3.14. The van der Waals surface area contributed by atoms with Crippen LogP contribution in [0.4, 0.5) is 0 Å². The van der Waals surface area contributed by atoms with Crippen LogP contribution in [-0.4, -0.2) is 31.1 Å². The molecule has 1 unspecified atom stereocenters.